The number of amides is 2. The summed E-state index contributed by atoms with van der Waals surface area (Å²) in [6.07, 6.45) is 3.12. The molecule has 1 rings (SSSR count). The number of hydrogen-bond donors (Lipinski definition) is 2. The van der Waals surface area contributed by atoms with Crippen LogP contribution in [0.4, 0.5) is 10.5 Å². The van der Waals surface area contributed by atoms with E-state index >= 15 is 0 Å². The highest BCUT2D eigenvalue weighted by molar-refractivity contribution is 5.94. The van der Waals surface area contributed by atoms with Crippen molar-refractivity contribution in [3.63, 3.8) is 0 Å². The van der Waals surface area contributed by atoms with Gasteiger partial charge in [0.15, 0.2) is 0 Å². The SMILES string of the molecule is CC(C)(C)OC(=O)NCCCCCCNC(=O)c1ccc([N+](=O)[O-])cc1. The summed E-state index contributed by atoms with van der Waals surface area (Å²) >= 11 is 0. The Morgan fingerprint density at radius 1 is 1.00 bits per heavy atom. The van der Waals surface area contributed by atoms with E-state index in [1.54, 1.807) is 0 Å². The molecule has 0 radical (unpaired) electrons. The van der Waals surface area contributed by atoms with Crippen LogP contribution in [0.25, 0.3) is 0 Å². The number of non-ortho nitro benzene ring substituents is 1. The molecule has 0 heterocycles. The van der Waals surface area contributed by atoms with E-state index in [1.165, 1.54) is 24.3 Å². The van der Waals surface area contributed by atoms with Crippen molar-refractivity contribution in [1.82, 2.24) is 10.6 Å². The van der Waals surface area contributed by atoms with Gasteiger partial charge in [-0.2, -0.15) is 0 Å². The van der Waals surface area contributed by atoms with Gasteiger partial charge in [0.1, 0.15) is 5.60 Å². The van der Waals surface area contributed by atoms with Gasteiger partial charge in [-0.15, -0.1) is 0 Å². The lowest BCUT2D eigenvalue weighted by molar-refractivity contribution is -0.384. The fraction of sp³-hybridized carbons (Fsp3) is 0.556. The molecule has 1 aromatic carbocycles. The Bertz CT molecular complexity index is 608. The van der Waals surface area contributed by atoms with Crippen molar-refractivity contribution in [3.8, 4) is 0 Å². The number of hydrogen-bond acceptors (Lipinski definition) is 5. The number of carbonyl (C=O) groups is 2. The summed E-state index contributed by atoms with van der Waals surface area (Å²) in [6, 6.07) is 5.50. The molecule has 2 N–H and O–H groups in total. The quantitative estimate of drug-likeness (QED) is 0.396. The third kappa shape index (κ3) is 9.00. The second kappa shape index (κ2) is 10.4. The first-order chi connectivity index (χ1) is 12.2. The Morgan fingerprint density at radius 2 is 1.54 bits per heavy atom. The molecule has 0 atom stereocenters. The number of nitro groups is 1. The molecule has 144 valence electrons. The molecule has 0 saturated carbocycles. The fourth-order valence-corrected chi connectivity index (χ4v) is 2.15. The van der Waals surface area contributed by atoms with Gasteiger partial charge in [-0.3, -0.25) is 14.9 Å². The van der Waals surface area contributed by atoms with Gasteiger partial charge in [-0.05, 0) is 45.7 Å². The number of rotatable bonds is 9. The van der Waals surface area contributed by atoms with Crippen molar-refractivity contribution in [1.29, 1.82) is 0 Å². The summed E-state index contributed by atoms with van der Waals surface area (Å²) in [7, 11) is 0. The molecule has 0 aromatic heterocycles. The molecule has 8 heteroatoms. The second-order valence-electron chi connectivity index (χ2n) is 6.90. The lowest BCUT2D eigenvalue weighted by atomic mass is 10.1. The van der Waals surface area contributed by atoms with Crippen LogP contribution in [0.1, 0.15) is 56.8 Å². The third-order valence-electron chi connectivity index (χ3n) is 3.40. The molecule has 0 bridgehead atoms. The predicted octanol–water partition coefficient (Wildman–Crippen LogP) is 3.41. The number of benzene rings is 1. The normalized spacial score (nSPS) is 10.9. The lowest BCUT2D eigenvalue weighted by Gasteiger charge is -2.19. The van der Waals surface area contributed by atoms with Crippen LogP contribution in [-0.4, -0.2) is 35.6 Å². The first-order valence-corrected chi connectivity index (χ1v) is 8.68. The van der Waals surface area contributed by atoms with Crippen LogP contribution < -0.4 is 10.6 Å². The summed E-state index contributed by atoms with van der Waals surface area (Å²) in [6.45, 7) is 6.55. The number of unbranched alkanes of at least 4 members (excludes halogenated alkanes) is 3. The highest BCUT2D eigenvalue weighted by atomic mass is 16.6. The summed E-state index contributed by atoms with van der Waals surface area (Å²) in [5.41, 5.74) is -0.134. The zero-order chi connectivity index (χ0) is 19.6. The van der Waals surface area contributed by atoms with Gasteiger partial charge in [-0.1, -0.05) is 12.8 Å². The molecule has 0 aliphatic carbocycles. The van der Waals surface area contributed by atoms with Crippen molar-refractivity contribution < 1.29 is 19.2 Å². The van der Waals surface area contributed by atoms with Crippen molar-refractivity contribution in [3.05, 3.63) is 39.9 Å². The Morgan fingerprint density at radius 3 is 2.04 bits per heavy atom. The maximum atomic E-state index is 11.9. The van der Waals surface area contributed by atoms with Crippen LogP contribution >= 0.6 is 0 Å². The van der Waals surface area contributed by atoms with Crippen LogP contribution in [0.5, 0.6) is 0 Å². The Hall–Kier alpha value is -2.64. The van der Waals surface area contributed by atoms with E-state index in [4.69, 9.17) is 4.74 Å². The van der Waals surface area contributed by atoms with Gasteiger partial charge in [0.25, 0.3) is 11.6 Å². The van der Waals surface area contributed by atoms with Gasteiger partial charge < -0.3 is 15.4 Å². The monoisotopic (exact) mass is 365 g/mol. The minimum Gasteiger partial charge on any atom is -0.444 e. The molecule has 0 fully saturated rings. The van der Waals surface area contributed by atoms with Crippen LogP contribution in [0, 0.1) is 10.1 Å². The number of nitro benzene ring substituents is 1. The van der Waals surface area contributed by atoms with E-state index in [0.717, 1.165) is 25.7 Å². The Kier molecular flexibility index (Phi) is 8.54. The molecule has 26 heavy (non-hydrogen) atoms. The average molecular weight is 365 g/mol. The molecule has 0 spiro atoms. The maximum absolute atomic E-state index is 11.9. The number of nitrogens with one attached hydrogen (secondary N) is 2. The lowest BCUT2D eigenvalue weighted by Crippen LogP contribution is -2.33. The summed E-state index contributed by atoms with van der Waals surface area (Å²) < 4.78 is 5.14. The fourth-order valence-electron chi connectivity index (χ4n) is 2.15. The van der Waals surface area contributed by atoms with Gasteiger partial charge in [0.2, 0.25) is 0 Å². The smallest absolute Gasteiger partial charge is 0.407 e. The molecular weight excluding hydrogens is 338 g/mol. The van der Waals surface area contributed by atoms with E-state index in [-0.39, 0.29) is 11.6 Å². The highest BCUT2D eigenvalue weighted by Gasteiger charge is 2.15. The van der Waals surface area contributed by atoms with Crippen LogP contribution in [0.15, 0.2) is 24.3 Å². The molecular formula is C18H27N3O5. The molecule has 0 unspecified atom stereocenters. The standard InChI is InChI=1S/C18H27N3O5/c1-18(2,3)26-17(23)20-13-7-5-4-6-12-19-16(22)14-8-10-15(11-9-14)21(24)25/h8-11H,4-7,12-13H2,1-3H3,(H,19,22)(H,20,23). The van der Waals surface area contributed by atoms with Crippen LogP contribution in [0.2, 0.25) is 0 Å². The zero-order valence-corrected chi connectivity index (χ0v) is 15.5. The molecule has 0 saturated heterocycles. The van der Waals surface area contributed by atoms with Crippen molar-refractivity contribution in [2.75, 3.05) is 13.1 Å². The average Bonchev–Trinajstić information content (AvgIpc) is 2.55. The Balaban J connectivity index is 2.09. The number of alkyl carbamates (subject to hydrolysis) is 1. The van der Waals surface area contributed by atoms with Crippen molar-refractivity contribution in [2.24, 2.45) is 0 Å². The molecule has 1 aromatic rings. The molecule has 0 aliphatic rings. The van der Waals surface area contributed by atoms with Gasteiger partial charge in [0, 0.05) is 30.8 Å². The van der Waals surface area contributed by atoms with Crippen molar-refractivity contribution >= 4 is 17.7 Å². The van der Waals surface area contributed by atoms with E-state index in [2.05, 4.69) is 10.6 Å². The van der Waals surface area contributed by atoms with E-state index < -0.39 is 16.6 Å². The van der Waals surface area contributed by atoms with Crippen LogP contribution in [-0.2, 0) is 4.74 Å². The third-order valence-corrected chi connectivity index (χ3v) is 3.40. The highest BCUT2D eigenvalue weighted by Crippen LogP contribution is 2.11. The maximum Gasteiger partial charge on any atom is 0.407 e. The zero-order valence-electron chi connectivity index (χ0n) is 15.5. The first-order valence-electron chi connectivity index (χ1n) is 8.68. The van der Waals surface area contributed by atoms with E-state index in [0.29, 0.717) is 18.7 Å². The van der Waals surface area contributed by atoms with Gasteiger partial charge in [-0.25, -0.2) is 4.79 Å². The van der Waals surface area contributed by atoms with Crippen molar-refractivity contribution in [2.45, 2.75) is 52.1 Å². The minimum atomic E-state index is -0.501. The number of ether oxygens (including phenoxy) is 1. The van der Waals surface area contributed by atoms with E-state index in [1.807, 2.05) is 20.8 Å². The molecule has 2 amide bonds. The van der Waals surface area contributed by atoms with E-state index in [9.17, 15) is 19.7 Å². The molecule has 8 nitrogen and oxygen atoms in total. The van der Waals surface area contributed by atoms with Gasteiger partial charge in [0.05, 0.1) is 4.92 Å². The van der Waals surface area contributed by atoms with Gasteiger partial charge >= 0.3 is 6.09 Å². The van der Waals surface area contributed by atoms with Crippen LogP contribution in [0.3, 0.4) is 0 Å². The first kappa shape index (κ1) is 21.4. The topological polar surface area (TPSA) is 111 Å². The number of nitrogens with zero attached hydrogens (tertiary/aromatic N) is 1. The minimum absolute atomic E-state index is 0.0402. The summed E-state index contributed by atoms with van der Waals surface area (Å²) in [4.78, 5) is 33.4. The molecule has 0 aliphatic heterocycles. The number of carbonyl (C=O) groups excluding carboxylic acids is 2. The predicted molar refractivity (Wildman–Crippen MR) is 98.1 cm³/mol. The second-order valence-corrected chi connectivity index (χ2v) is 6.90. The summed E-state index contributed by atoms with van der Waals surface area (Å²) in [5.74, 6) is -0.244. The largest absolute Gasteiger partial charge is 0.444 e. The Labute approximate surface area is 153 Å². The summed E-state index contributed by atoms with van der Waals surface area (Å²) in [5, 5.41) is 16.1.